The van der Waals surface area contributed by atoms with Crippen LogP contribution in [-0.2, 0) is 0 Å². The van der Waals surface area contributed by atoms with Crippen molar-refractivity contribution in [3.8, 4) is 6.01 Å². The second kappa shape index (κ2) is 6.23. The molecule has 0 spiro atoms. The third kappa shape index (κ3) is 3.50. The molecule has 1 unspecified atom stereocenters. The molecule has 0 aromatic carbocycles. The van der Waals surface area contributed by atoms with Gasteiger partial charge in [0.2, 0.25) is 0 Å². The molecule has 1 fully saturated rings. The molecule has 0 N–H and O–H groups in total. The zero-order chi connectivity index (χ0) is 16.6. The summed E-state index contributed by atoms with van der Waals surface area (Å²) in [4.78, 5) is 28.1. The molecule has 0 bridgehead atoms. The van der Waals surface area contributed by atoms with E-state index in [4.69, 9.17) is 4.74 Å². The number of aryl methyl sites for hydroxylation is 4. The van der Waals surface area contributed by atoms with E-state index in [0.717, 1.165) is 33.4 Å². The molecule has 0 radical (unpaired) electrons. The van der Waals surface area contributed by atoms with E-state index in [0.29, 0.717) is 19.1 Å². The number of hydrogen-bond acceptors (Lipinski definition) is 6. The summed E-state index contributed by atoms with van der Waals surface area (Å²) in [5.41, 5.74) is 2.57. The Balaban J connectivity index is 1.66. The van der Waals surface area contributed by atoms with Crippen LogP contribution in [-0.4, -0.2) is 45.0 Å². The first kappa shape index (κ1) is 15.9. The largest absolute Gasteiger partial charge is 0.458 e. The molecule has 1 aliphatic heterocycles. The Kier molecular flexibility index (Phi) is 4.30. The highest BCUT2D eigenvalue weighted by Crippen LogP contribution is 2.23. The number of likely N-dealkylation sites (tertiary alicyclic amines) is 1. The molecule has 23 heavy (non-hydrogen) atoms. The van der Waals surface area contributed by atoms with Gasteiger partial charge in [0.05, 0.1) is 17.2 Å². The third-order valence-corrected chi connectivity index (χ3v) is 4.82. The van der Waals surface area contributed by atoms with Crippen molar-refractivity contribution in [2.45, 2.75) is 40.2 Å². The number of ether oxygens (including phenoxy) is 1. The Hall–Kier alpha value is -2.02. The highest BCUT2D eigenvalue weighted by molar-refractivity contribution is 7.13. The van der Waals surface area contributed by atoms with Crippen molar-refractivity contribution in [1.82, 2.24) is 19.9 Å². The number of carbonyl (C=O) groups is 1. The number of carbonyl (C=O) groups excluding carboxylic acids is 1. The monoisotopic (exact) mass is 332 g/mol. The molecule has 3 heterocycles. The first-order valence-corrected chi connectivity index (χ1v) is 8.46. The molecule has 7 heteroatoms. The standard InChI is InChI=1S/C16H20N4O2S/c1-9-7-10(2)18-16(17-9)22-13-5-6-20(8-13)15(21)14-11(3)19-12(4)23-14/h7,13H,5-6,8H2,1-4H3. The number of nitrogens with zero attached hydrogens (tertiary/aromatic N) is 4. The predicted octanol–water partition coefficient (Wildman–Crippen LogP) is 2.46. The van der Waals surface area contributed by atoms with Crippen LogP contribution in [0.15, 0.2) is 6.07 Å². The van der Waals surface area contributed by atoms with E-state index in [9.17, 15) is 4.79 Å². The average molecular weight is 332 g/mol. The zero-order valence-corrected chi connectivity index (χ0v) is 14.6. The van der Waals surface area contributed by atoms with Crippen molar-refractivity contribution in [2.24, 2.45) is 0 Å². The maximum absolute atomic E-state index is 12.6. The van der Waals surface area contributed by atoms with Crippen molar-refractivity contribution in [3.05, 3.63) is 33.0 Å². The minimum Gasteiger partial charge on any atom is -0.458 e. The summed E-state index contributed by atoms with van der Waals surface area (Å²) in [5.74, 6) is 0.0422. The molecule has 2 aromatic heterocycles. The summed E-state index contributed by atoms with van der Waals surface area (Å²) >= 11 is 1.45. The van der Waals surface area contributed by atoms with Crippen molar-refractivity contribution < 1.29 is 9.53 Å². The Morgan fingerprint density at radius 2 is 1.91 bits per heavy atom. The molecule has 6 nitrogen and oxygen atoms in total. The lowest BCUT2D eigenvalue weighted by Crippen LogP contribution is -2.31. The van der Waals surface area contributed by atoms with E-state index in [1.807, 2.05) is 38.7 Å². The molecule has 1 atom stereocenters. The fraction of sp³-hybridized carbons (Fsp3) is 0.500. The van der Waals surface area contributed by atoms with Gasteiger partial charge in [0, 0.05) is 24.4 Å². The molecule has 1 amide bonds. The number of hydrogen-bond donors (Lipinski definition) is 0. The number of rotatable bonds is 3. The average Bonchev–Trinajstić information content (AvgIpc) is 3.03. The molecular formula is C16H20N4O2S. The van der Waals surface area contributed by atoms with E-state index < -0.39 is 0 Å². The summed E-state index contributed by atoms with van der Waals surface area (Å²) < 4.78 is 5.86. The number of aromatic nitrogens is 3. The normalized spacial score (nSPS) is 17.6. The fourth-order valence-electron chi connectivity index (χ4n) is 2.78. The van der Waals surface area contributed by atoms with Gasteiger partial charge in [0.25, 0.3) is 5.91 Å². The Morgan fingerprint density at radius 1 is 1.22 bits per heavy atom. The second-order valence-corrected chi connectivity index (χ2v) is 7.06. The predicted molar refractivity (Wildman–Crippen MR) is 88.0 cm³/mol. The van der Waals surface area contributed by atoms with Crippen molar-refractivity contribution >= 4 is 17.2 Å². The van der Waals surface area contributed by atoms with Crippen LogP contribution in [0.4, 0.5) is 0 Å². The van der Waals surface area contributed by atoms with Gasteiger partial charge in [0.1, 0.15) is 11.0 Å². The minimum absolute atomic E-state index is 0.0422. The maximum atomic E-state index is 12.6. The van der Waals surface area contributed by atoms with Gasteiger partial charge in [-0.15, -0.1) is 11.3 Å². The SMILES string of the molecule is Cc1cc(C)nc(OC2CCN(C(=O)c3sc(C)nc3C)C2)n1. The smallest absolute Gasteiger partial charge is 0.317 e. The van der Waals surface area contributed by atoms with E-state index in [1.165, 1.54) is 11.3 Å². The summed E-state index contributed by atoms with van der Waals surface area (Å²) in [7, 11) is 0. The quantitative estimate of drug-likeness (QED) is 0.863. The van der Waals surface area contributed by atoms with Gasteiger partial charge >= 0.3 is 6.01 Å². The minimum atomic E-state index is -0.0607. The summed E-state index contributed by atoms with van der Waals surface area (Å²) in [6.07, 6.45) is 0.730. The van der Waals surface area contributed by atoms with Crippen molar-refractivity contribution in [1.29, 1.82) is 0 Å². The van der Waals surface area contributed by atoms with Gasteiger partial charge in [-0.3, -0.25) is 4.79 Å². The molecular weight excluding hydrogens is 312 g/mol. The van der Waals surface area contributed by atoms with E-state index >= 15 is 0 Å². The highest BCUT2D eigenvalue weighted by atomic mass is 32.1. The molecule has 0 saturated carbocycles. The number of amides is 1. The molecule has 1 aliphatic rings. The van der Waals surface area contributed by atoms with Gasteiger partial charge < -0.3 is 9.64 Å². The second-order valence-electron chi connectivity index (χ2n) is 5.86. The summed E-state index contributed by atoms with van der Waals surface area (Å²) in [5, 5.41) is 0.918. The topological polar surface area (TPSA) is 68.2 Å². The van der Waals surface area contributed by atoms with Crippen LogP contribution in [0.1, 0.15) is 38.2 Å². The van der Waals surface area contributed by atoms with Gasteiger partial charge in [-0.1, -0.05) is 0 Å². The Labute approximate surface area is 139 Å². The molecule has 2 aromatic rings. The van der Waals surface area contributed by atoms with Gasteiger partial charge in [0.15, 0.2) is 0 Å². The van der Waals surface area contributed by atoms with Crippen LogP contribution in [0.2, 0.25) is 0 Å². The molecule has 3 rings (SSSR count). The lowest BCUT2D eigenvalue weighted by Gasteiger charge is -2.16. The summed E-state index contributed by atoms with van der Waals surface area (Å²) in [6, 6.07) is 2.30. The first-order valence-electron chi connectivity index (χ1n) is 7.64. The lowest BCUT2D eigenvalue weighted by molar-refractivity contribution is 0.0773. The number of thiazole rings is 1. The van der Waals surface area contributed by atoms with Crippen LogP contribution in [0.5, 0.6) is 6.01 Å². The fourth-order valence-corrected chi connectivity index (χ4v) is 3.67. The first-order chi connectivity index (χ1) is 10.9. The highest BCUT2D eigenvalue weighted by Gasteiger charge is 2.30. The van der Waals surface area contributed by atoms with Crippen LogP contribution in [0, 0.1) is 27.7 Å². The van der Waals surface area contributed by atoms with Crippen LogP contribution in [0.25, 0.3) is 0 Å². The molecule has 122 valence electrons. The lowest BCUT2D eigenvalue weighted by atomic mass is 10.3. The van der Waals surface area contributed by atoms with E-state index in [2.05, 4.69) is 15.0 Å². The zero-order valence-electron chi connectivity index (χ0n) is 13.8. The summed E-state index contributed by atoms with van der Waals surface area (Å²) in [6.45, 7) is 8.88. The van der Waals surface area contributed by atoms with Crippen molar-refractivity contribution in [3.63, 3.8) is 0 Å². The third-order valence-electron chi connectivity index (χ3n) is 3.76. The van der Waals surface area contributed by atoms with Gasteiger partial charge in [-0.25, -0.2) is 15.0 Å². The Morgan fingerprint density at radius 3 is 2.52 bits per heavy atom. The van der Waals surface area contributed by atoms with Crippen LogP contribution >= 0.6 is 11.3 Å². The maximum Gasteiger partial charge on any atom is 0.317 e. The molecule has 0 aliphatic carbocycles. The van der Waals surface area contributed by atoms with Crippen molar-refractivity contribution in [2.75, 3.05) is 13.1 Å². The van der Waals surface area contributed by atoms with Gasteiger partial charge in [-0.05, 0) is 33.8 Å². The van der Waals surface area contributed by atoms with E-state index in [-0.39, 0.29) is 12.0 Å². The Bertz CT molecular complexity index is 723. The van der Waals surface area contributed by atoms with Gasteiger partial charge in [-0.2, -0.15) is 0 Å². The van der Waals surface area contributed by atoms with E-state index in [1.54, 1.807) is 0 Å². The molecule has 1 saturated heterocycles. The van der Waals surface area contributed by atoms with Crippen LogP contribution in [0.3, 0.4) is 0 Å². The van der Waals surface area contributed by atoms with Crippen LogP contribution < -0.4 is 4.74 Å².